The summed E-state index contributed by atoms with van der Waals surface area (Å²) in [6.07, 6.45) is 2.33. The molecule has 0 aromatic heterocycles. The Labute approximate surface area is 185 Å². The highest BCUT2D eigenvalue weighted by Gasteiger charge is 2.27. The van der Waals surface area contributed by atoms with Crippen LogP contribution in [0.25, 0.3) is 0 Å². The van der Waals surface area contributed by atoms with E-state index < -0.39 is 0 Å². The molecule has 0 aliphatic carbocycles. The number of nitrogens with one attached hydrogen (secondary N) is 2. The highest BCUT2D eigenvalue weighted by atomic mass is 16.5. The normalized spacial score (nSPS) is 19.0. The first-order valence-corrected chi connectivity index (χ1v) is 11.1. The number of carbonyl (C=O) groups is 1. The van der Waals surface area contributed by atoms with Gasteiger partial charge in [0.1, 0.15) is 0 Å². The third kappa shape index (κ3) is 6.56. The quantitative estimate of drug-likeness (QED) is 0.528. The van der Waals surface area contributed by atoms with E-state index in [0.717, 1.165) is 44.1 Å². The Balaban J connectivity index is 1.61. The molecular weight excluding hydrogens is 388 g/mol. The lowest BCUT2D eigenvalue weighted by molar-refractivity contribution is -0.0265. The fourth-order valence-corrected chi connectivity index (χ4v) is 3.81. The van der Waals surface area contributed by atoms with Gasteiger partial charge in [0.25, 0.3) is 5.91 Å². The van der Waals surface area contributed by atoms with Crippen LogP contribution in [-0.4, -0.2) is 50.6 Å². The highest BCUT2D eigenvalue weighted by molar-refractivity contribution is 5.93. The molecule has 6 nitrogen and oxygen atoms in total. The molecule has 2 aromatic rings. The summed E-state index contributed by atoms with van der Waals surface area (Å²) in [5.74, 6) is 1.21. The number of hydrogen-bond acceptors (Lipinski definition) is 3. The van der Waals surface area contributed by atoms with E-state index in [1.165, 1.54) is 5.56 Å². The molecule has 2 aromatic carbocycles. The summed E-state index contributed by atoms with van der Waals surface area (Å²) in [6.45, 7) is 5.04. The summed E-state index contributed by atoms with van der Waals surface area (Å²) in [4.78, 5) is 18.4. The van der Waals surface area contributed by atoms with Gasteiger partial charge in [-0.1, -0.05) is 42.5 Å². The van der Waals surface area contributed by atoms with Gasteiger partial charge in [0, 0.05) is 45.3 Å². The molecule has 2 unspecified atom stereocenters. The maximum atomic E-state index is 12.0. The van der Waals surface area contributed by atoms with Crippen molar-refractivity contribution in [3.05, 3.63) is 71.3 Å². The lowest BCUT2D eigenvalue weighted by atomic mass is 9.89. The van der Waals surface area contributed by atoms with E-state index >= 15 is 0 Å². The van der Waals surface area contributed by atoms with E-state index in [0.29, 0.717) is 18.0 Å². The fraction of sp³-hybridized carbons (Fsp3) is 0.440. The van der Waals surface area contributed by atoms with Gasteiger partial charge in [-0.2, -0.15) is 0 Å². The zero-order valence-corrected chi connectivity index (χ0v) is 18.8. The molecule has 1 saturated heterocycles. The molecule has 0 radical (unpaired) electrons. The van der Waals surface area contributed by atoms with Crippen LogP contribution in [0.15, 0.2) is 59.6 Å². The van der Waals surface area contributed by atoms with Gasteiger partial charge in [0.05, 0.1) is 12.6 Å². The highest BCUT2D eigenvalue weighted by Crippen LogP contribution is 2.33. The standard InChI is InChI=1S/C25H34N4O2/c1-4-26-25(27-17-19-12-14-21(15-13-19)24(30)29(2)3)28-18-22-11-8-16-31-23(22)20-9-6-5-7-10-20/h5-7,9-10,12-15,22-23H,4,8,11,16-18H2,1-3H3,(H2,26,27,28). The largest absolute Gasteiger partial charge is 0.373 e. The van der Waals surface area contributed by atoms with Crippen LogP contribution >= 0.6 is 0 Å². The number of hydrogen-bond donors (Lipinski definition) is 2. The summed E-state index contributed by atoms with van der Waals surface area (Å²) in [5, 5.41) is 6.83. The summed E-state index contributed by atoms with van der Waals surface area (Å²) in [7, 11) is 3.52. The van der Waals surface area contributed by atoms with E-state index in [4.69, 9.17) is 9.73 Å². The molecule has 2 N–H and O–H groups in total. The molecule has 31 heavy (non-hydrogen) atoms. The van der Waals surface area contributed by atoms with Crippen LogP contribution in [0.2, 0.25) is 0 Å². The number of amides is 1. The van der Waals surface area contributed by atoms with Crippen molar-refractivity contribution in [3.8, 4) is 0 Å². The predicted octanol–water partition coefficient (Wildman–Crippen LogP) is 3.61. The molecule has 1 fully saturated rings. The monoisotopic (exact) mass is 422 g/mol. The number of aliphatic imine (C=N–C) groups is 1. The van der Waals surface area contributed by atoms with Crippen molar-refractivity contribution < 1.29 is 9.53 Å². The van der Waals surface area contributed by atoms with E-state index in [9.17, 15) is 4.79 Å². The molecule has 3 rings (SSSR count). The lowest BCUT2D eigenvalue weighted by Crippen LogP contribution is -2.42. The Morgan fingerprint density at radius 2 is 1.84 bits per heavy atom. The predicted molar refractivity (Wildman–Crippen MR) is 125 cm³/mol. The maximum absolute atomic E-state index is 12.0. The molecule has 0 spiro atoms. The number of carbonyl (C=O) groups excluding carboxylic acids is 1. The Kier molecular flexibility index (Phi) is 8.47. The van der Waals surface area contributed by atoms with Crippen molar-refractivity contribution >= 4 is 11.9 Å². The first kappa shape index (κ1) is 22.8. The van der Waals surface area contributed by atoms with Gasteiger partial charge in [-0.15, -0.1) is 0 Å². The number of nitrogens with zero attached hydrogens (tertiary/aromatic N) is 2. The summed E-state index contributed by atoms with van der Waals surface area (Å²) in [5.41, 5.74) is 2.99. The minimum atomic E-state index is 0.00716. The number of rotatable bonds is 7. The Bertz CT molecular complexity index is 850. The van der Waals surface area contributed by atoms with Gasteiger partial charge in [-0.25, -0.2) is 4.99 Å². The molecule has 166 valence electrons. The number of guanidine groups is 1. The second-order valence-electron chi connectivity index (χ2n) is 8.08. The Morgan fingerprint density at radius 1 is 1.10 bits per heavy atom. The van der Waals surface area contributed by atoms with E-state index in [-0.39, 0.29) is 12.0 Å². The van der Waals surface area contributed by atoms with Crippen LogP contribution in [0, 0.1) is 5.92 Å². The molecule has 1 heterocycles. The summed E-state index contributed by atoms with van der Waals surface area (Å²) >= 11 is 0. The molecule has 1 amide bonds. The van der Waals surface area contributed by atoms with Gasteiger partial charge in [0.2, 0.25) is 0 Å². The fourth-order valence-electron chi connectivity index (χ4n) is 3.81. The van der Waals surface area contributed by atoms with Crippen LogP contribution in [0.1, 0.15) is 47.4 Å². The van der Waals surface area contributed by atoms with Gasteiger partial charge in [-0.05, 0) is 43.0 Å². The molecule has 0 bridgehead atoms. The van der Waals surface area contributed by atoms with E-state index in [1.807, 2.05) is 30.3 Å². The Hall–Kier alpha value is -2.86. The second kappa shape index (κ2) is 11.5. The molecule has 1 aliphatic rings. The van der Waals surface area contributed by atoms with Crippen molar-refractivity contribution in [2.75, 3.05) is 33.8 Å². The van der Waals surface area contributed by atoms with Crippen LogP contribution in [0.4, 0.5) is 0 Å². The van der Waals surface area contributed by atoms with Crippen LogP contribution in [0.5, 0.6) is 0 Å². The third-order valence-electron chi connectivity index (χ3n) is 5.48. The van der Waals surface area contributed by atoms with Gasteiger partial charge >= 0.3 is 0 Å². The van der Waals surface area contributed by atoms with Crippen molar-refractivity contribution in [1.29, 1.82) is 0 Å². The van der Waals surface area contributed by atoms with Crippen molar-refractivity contribution in [3.63, 3.8) is 0 Å². The van der Waals surface area contributed by atoms with Crippen molar-refractivity contribution in [1.82, 2.24) is 15.5 Å². The molecule has 0 saturated carbocycles. The van der Waals surface area contributed by atoms with Crippen molar-refractivity contribution in [2.24, 2.45) is 10.9 Å². The number of ether oxygens (including phenoxy) is 1. The lowest BCUT2D eigenvalue weighted by Gasteiger charge is -2.32. The minimum Gasteiger partial charge on any atom is -0.373 e. The summed E-state index contributed by atoms with van der Waals surface area (Å²) in [6, 6.07) is 18.1. The van der Waals surface area contributed by atoms with Crippen LogP contribution in [0.3, 0.4) is 0 Å². The Morgan fingerprint density at radius 3 is 2.52 bits per heavy atom. The van der Waals surface area contributed by atoms with E-state index in [2.05, 4.69) is 41.8 Å². The van der Waals surface area contributed by atoms with Crippen LogP contribution < -0.4 is 10.6 Å². The van der Waals surface area contributed by atoms with Gasteiger partial charge in [0.15, 0.2) is 5.96 Å². The molecule has 6 heteroatoms. The molecule has 2 atom stereocenters. The zero-order valence-electron chi connectivity index (χ0n) is 18.8. The number of benzene rings is 2. The maximum Gasteiger partial charge on any atom is 0.253 e. The summed E-state index contributed by atoms with van der Waals surface area (Å²) < 4.78 is 6.11. The smallest absolute Gasteiger partial charge is 0.253 e. The van der Waals surface area contributed by atoms with Gasteiger partial charge in [-0.3, -0.25) is 4.79 Å². The third-order valence-corrected chi connectivity index (χ3v) is 5.48. The van der Waals surface area contributed by atoms with E-state index in [1.54, 1.807) is 19.0 Å². The first-order valence-electron chi connectivity index (χ1n) is 11.1. The van der Waals surface area contributed by atoms with Gasteiger partial charge < -0.3 is 20.3 Å². The SMILES string of the molecule is CCNC(=NCc1ccc(C(=O)N(C)C)cc1)NCC1CCCOC1c1ccccc1. The first-order chi connectivity index (χ1) is 15.1. The zero-order chi connectivity index (χ0) is 22.1. The minimum absolute atomic E-state index is 0.00716. The molecular formula is C25H34N4O2. The average Bonchev–Trinajstić information content (AvgIpc) is 2.81. The van der Waals surface area contributed by atoms with Crippen LogP contribution in [-0.2, 0) is 11.3 Å². The van der Waals surface area contributed by atoms with Crippen molar-refractivity contribution in [2.45, 2.75) is 32.4 Å². The topological polar surface area (TPSA) is 66.0 Å². The second-order valence-corrected chi connectivity index (χ2v) is 8.08. The average molecular weight is 423 g/mol. The molecule has 1 aliphatic heterocycles.